The number of nitrogens with one attached hydrogen (secondary N) is 1. The van der Waals surface area contributed by atoms with E-state index >= 15 is 0 Å². The minimum atomic E-state index is -0.144. The molecule has 162 valence electrons. The van der Waals surface area contributed by atoms with Crippen LogP contribution in [0.5, 0.6) is 0 Å². The van der Waals surface area contributed by atoms with E-state index in [-0.39, 0.29) is 29.8 Å². The first-order valence-electron chi connectivity index (χ1n) is 11.5. The van der Waals surface area contributed by atoms with Crippen LogP contribution >= 0.6 is 0 Å². The van der Waals surface area contributed by atoms with Crippen LogP contribution < -0.4 is 5.32 Å². The van der Waals surface area contributed by atoms with Gasteiger partial charge in [-0.3, -0.25) is 9.59 Å². The van der Waals surface area contributed by atoms with Crippen LogP contribution in [0.3, 0.4) is 0 Å². The lowest BCUT2D eigenvalue weighted by atomic mass is 9.97. The number of carbonyl (C=O) groups is 2. The fourth-order valence-electron chi connectivity index (χ4n) is 4.68. The Hall–Kier alpha value is -2.88. The van der Waals surface area contributed by atoms with Gasteiger partial charge in [0.05, 0.1) is 6.04 Å². The van der Waals surface area contributed by atoms with E-state index in [1.54, 1.807) is 0 Å². The number of amides is 2. The molecule has 4 nitrogen and oxygen atoms in total. The third kappa shape index (κ3) is 5.43. The van der Waals surface area contributed by atoms with Gasteiger partial charge < -0.3 is 10.2 Å². The van der Waals surface area contributed by atoms with Crippen molar-refractivity contribution in [3.05, 3.63) is 83.4 Å². The molecule has 2 amide bonds. The summed E-state index contributed by atoms with van der Waals surface area (Å²) in [5.41, 5.74) is 3.42. The minimum Gasteiger partial charge on any atom is -0.352 e. The summed E-state index contributed by atoms with van der Waals surface area (Å²) in [6.07, 6.45) is 9.48. The molecule has 0 saturated heterocycles. The molecule has 1 saturated carbocycles. The van der Waals surface area contributed by atoms with E-state index in [1.807, 2.05) is 23.1 Å². The van der Waals surface area contributed by atoms with Gasteiger partial charge in [0.25, 0.3) is 0 Å². The van der Waals surface area contributed by atoms with Crippen molar-refractivity contribution in [2.45, 2.75) is 64.1 Å². The lowest BCUT2D eigenvalue weighted by Gasteiger charge is -2.34. The zero-order valence-corrected chi connectivity index (χ0v) is 18.3. The first-order valence-corrected chi connectivity index (χ1v) is 11.5. The molecule has 2 atom stereocenters. The molecular formula is C27H32N2O2. The third-order valence-electron chi connectivity index (χ3n) is 6.50. The molecule has 2 aliphatic rings. The molecule has 1 aliphatic heterocycles. The molecule has 1 heterocycles. The van der Waals surface area contributed by atoms with Crippen molar-refractivity contribution in [3.8, 4) is 0 Å². The number of carbonyl (C=O) groups excluding carboxylic acids is 2. The molecule has 0 spiro atoms. The van der Waals surface area contributed by atoms with Crippen molar-refractivity contribution >= 4 is 11.8 Å². The Morgan fingerprint density at radius 1 is 1.03 bits per heavy atom. The zero-order chi connectivity index (χ0) is 21.6. The van der Waals surface area contributed by atoms with Crippen LogP contribution in [0.15, 0.2) is 66.7 Å². The predicted molar refractivity (Wildman–Crippen MR) is 123 cm³/mol. The summed E-state index contributed by atoms with van der Waals surface area (Å²) in [5, 5.41) is 3.17. The van der Waals surface area contributed by atoms with E-state index in [4.69, 9.17) is 0 Å². The van der Waals surface area contributed by atoms with E-state index in [9.17, 15) is 9.59 Å². The van der Waals surface area contributed by atoms with Gasteiger partial charge in [0.1, 0.15) is 0 Å². The van der Waals surface area contributed by atoms with E-state index in [0.29, 0.717) is 19.4 Å². The molecule has 4 rings (SSSR count). The summed E-state index contributed by atoms with van der Waals surface area (Å²) in [6.45, 7) is 2.62. The molecular weight excluding hydrogens is 384 g/mol. The quantitative estimate of drug-likeness (QED) is 0.690. The summed E-state index contributed by atoms with van der Waals surface area (Å²) in [7, 11) is 0. The maximum atomic E-state index is 13.5. The molecule has 31 heavy (non-hydrogen) atoms. The average Bonchev–Trinajstić information content (AvgIpc) is 3.31. The first kappa shape index (κ1) is 21.4. The van der Waals surface area contributed by atoms with Gasteiger partial charge >= 0.3 is 0 Å². The number of aryl methyl sites for hydroxylation is 1. The first-order chi connectivity index (χ1) is 15.1. The molecule has 4 heteroatoms. The van der Waals surface area contributed by atoms with Crippen LogP contribution in [0.25, 0.3) is 0 Å². The Morgan fingerprint density at radius 3 is 2.45 bits per heavy atom. The summed E-state index contributed by atoms with van der Waals surface area (Å²) in [6, 6.07) is 18.3. The Bertz CT molecular complexity index is 914. The van der Waals surface area contributed by atoms with Gasteiger partial charge in [0, 0.05) is 24.9 Å². The van der Waals surface area contributed by atoms with Crippen LogP contribution in [-0.4, -0.2) is 22.8 Å². The van der Waals surface area contributed by atoms with Crippen molar-refractivity contribution in [1.82, 2.24) is 10.2 Å². The van der Waals surface area contributed by atoms with Crippen LogP contribution in [-0.2, 0) is 16.1 Å². The lowest BCUT2D eigenvalue weighted by Crippen LogP contribution is -2.44. The van der Waals surface area contributed by atoms with Crippen molar-refractivity contribution in [1.29, 1.82) is 0 Å². The number of nitrogens with zero attached hydrogens (tertiary/aromatic N) is 1. The number of hydrogen-bond donors (Lipinski definition) is 1. The fraction of sp³-hybridized carbons (Fsp3) is 0.407. The summed E-state index contributed by atoms with van der Waals surface area (Å²) < 4.78 is 0. The van der Waals surface area contributed by atoms with Crippen molar-refractivity contribution < 1.29 is 9.59 Å². The van der Waals surface area contributed by atoms with Crippen LogP contribution in [0.4, 0.5) is 0 Å². The van der Waals surface area contributed by atoms with Crippen molar-refractivity contribution in [3.63, 3.8) is 0 Å². The molecule has 0 aromatic heterocycles. The maximum absolute atomic E-state index is 13.5. The predicted octanol–water partition coefficient (Wildman–Crippen LogP) is 5.09. The number of hydrogen-bond acceptors (Lipinski definition) is 2. The molecule has 1 N–H and O–H groups in total. The molecule has 1 aliphatic carbocycles. The molecule has 2 aromatic rings. The van der Waals surface area contributed by atoms with Crippen LogP contribution in [0.1, 0.15) is 61.3 Å². The van der Waals surface area contributed by atoms with Gasteiger partial charge in [-0.15, -0.1) is 0 Å². The summed E-state index contributed by atoms with van der Waals surface area (Å²) in [5.74, 6) is 0.315. The van der Waals surface area contributed by atoms with Gasteiger partial charge in [-0.25, -0.2) is 0 Å². The second-order valence-electron chi connectivity index (χ2n) is 8.92. The second kappa shape index (κ2) is 9.95. The Balaban J connectivity index is 1.57. The Labute approximate surface area is 185 Å². The standard InChI is InChI=1S/C27H32N2O2/c1-20-14-16-22(17-15-20)25-13-7-12-24(28-27(31)23-10-5-6-11-23)18-26(30)29(25)19-21-8-3-2-4-9-21/h2-4,7-9,13-17,23-25H,5-6,10-12,18-19H2,1H3,(H,28,31)/b13-7-/t24-,25+/m0/s1. The lowest BCUT2D eigenvalue weighted by molar-refractivity contribution is -0.134. The molecule has 0 bridgehead atoms. The van der Waals surface area contributed by atoms with E-state index in [0.717, 1.165) is 36.8 Å². The highest BCUT2D eigenvalue weighted by Crippen LogP contribution is 2.29. The monoisotopic (exact) mass is 416 g/mol. The number of rotatable bonds is 5. The highest BCUT2D eigenvalue weighted by molar-refractivity contribution is 5.82. The Kier molecular flexibility index (Phi) is 6.86. The van der Waals surface area contributed by atoms with E-state index in [2.05, 4.69) is 60.8 Å². The topological polar surface area (TPSA) is 49.4 Å². The summed E-state index contributed by atoms with van der Waals surface area (Å²) in [4.78, 5) is 28.1. The molecule has 1 fully saturated rings. The smallest absolute Gasteiger partial charge is 0.225 e. The third-order valence-corrected chi connectivity index (χ3v) is 6.50. The zero-order valence-electron chi connectivity index (χ0n) is 18.3. The molecule has 0 radical (unpaired) electrons. The van der Waals surface area contributed by atoms with Crippen LogP contribution in [0.2, 0.25) is 0 Å². The largest absolute Gasteiger partial charge is 0.352 e. The number of benzene rings is 2. The van der Waals surface area contributed by atoms with E-state index < -0.39 is 0 Å². The summed E-state index contributed by atoms with van der Waals surface area (Å²) >= 11 is 0. The van der Waals surface area contributed by atoms with E-state index in [1.165, 1.54) is 5.56 Å². The van der Waals surface area contributed by atoms with Gasteiger partial charge in [0.2, 0.25) is 11.8 Å². The van der Waals surface area contributed by atoms with Gasteiger partial charge in [-0.1, -0.05) is 85.2 Å². The Morgan fingerprint density at radius 2 is 1.74 bits per heavy atom. The molecule has 0 unspecified atom stereocenters. The highest BCUT2D eigenvalue weighted by Gasteiger charge is 2.30. The normalized spacial score (nSPS) is 23.3. The maximum Gasteiger partial charge on any atom is 0.225 e. The van der Waals surface area contributed by atoms with Gasteiger partial charge in [-0.2, -0.15) is 0 Å². The highest BCUT2D eigenvalue weighted by atomic mass is 16.2. The van der Waals surface area contributed by atoms with Crippen molar-refractivity contribution in [2.24, 2.45) is 5.92 Å². The average molecular weight is 417 g/mol. The van der Waals surface area contributed by atoms with Gasteiger partial charge in [0.15, 0.2) is 0 Å². The van der Waals surface area contributed by atoms with Gasteiger partial charge in [-0.05, 0) is 37.3 Å². The molecule has 2 aromatic carbocycles. The second-order valence-corrected chi connectivity index (χ2v) is 8.92. The van der Waals surface area contributed by atoms with Crippen molar-refractivity contribution in [2.75, 3.05) is 0 Å². The SMILES string of the molecule is Cc1ccc([C@H]2/C=C\C[C@H](NC(=O)C3CCCC3)CC(=O)N2Cc2ccccc2)cc1. The fourth-order valence-corrected chi connectivity index (χ4v) is 4.68. The van der Waals surface area contributed by atoms with Crippen LogP contribution in [0, 0.1) is 12.8 Å². The minimum absolute atomic E-state index is 0.0792.